The van der Waals surface area contributed by atoms with E-state index in [4.69, 9.17) is 4.74 Å². The quantitative estimate of drug-likeness (QED) is 0.924. The van der Waals surface area contributed by atoms with Crippen LogP contribution in [0.5, 0.6) is 5.75 Å². The van der Waals surface area contributed by atoms with Gasteiger partial charge in [0.25, 0.3) is 0 Å². The summed E-state index contributed by atoms with van der Waals surface area (Å²) in [6, 6.07) is 5.53. The Morgan fingerprint density at radius 1 is 1.45 bits per heavy atom. The van der Waals surface area contributed by atoms with Crippen LogP contribution in [0.15, 0.2) is 24.3 Å². The molecule has 1 aromatic rings. The molecule has 7 heteroatoms. The fraction of sp³-hybridized carbons (Fsp3) is 0.462. The number of nitrogens with one attached hydrogen (secondary N) is 1. The largest absolute Gasteiger partial charge is 0.573 e. The number of ether oxygens (including phenoxy) is 2. The van der Waals surface area contributed by atoms with E-state index < -0.39 is 6.36 Å². The fourth-order valence-corrected chi connectivity index (χ4v) is 1.93. The van der Waals surface area contributed by atoms with E-state index in [0.717, 1.165) is 0 Å². The Balaban J connectivity index is 1.89. The van der Waals surface area contributed by atoms with Gasteiger partial charge in [-0.15, -0.1) is 13.2 Å². The molecule has 1 unspecified atom stereocenters. The van der Waals surface area contributed by atoms with E-state index >= 15 is 0 Å². The van der Waals surface area contributed by atoms with Crippen LogP contribution in [0.2, 0.25) is 0 Å². The van der Waals surface area contributed by atoms with Gasteiger partial charge in [-0.05, 0) is 24.1 Å². The minimum absolute atomic E-state index is 0.148. The molecule has 1 amide bonds. The molecule has 1 N–H and O–H groups in total. The van der Waals surface area contributed by atoms with Gasteiger partial charge >= 0.3 is 6.36 Å². The first kappa shape index (κ1) is 14.6. The van der Waals surface area contributed by atoms with Crippen molar-refractivity contribution < 1.29 is 27.4 Å². The Bertz CT molecular complexity index is 470. The average molecular weight is 289 g/mol. The molecule has 0 saturated carbocycles. The van der Waals surface area contributed by atoms with Crippen LogP contribution in [0.1, 0.15) is 12.0 Å². The Morgan fingerprint density at radius 3 is 2.90 bits per heavy atom. The van der Waals surface area contributed by atoms with Crippen LogP contribution in [-0.2, 0) is 16.1 Å². The van der Waals surface area contributed by atoms with E-state index in [1.54, 1.807) is 6.07 Å². The summed E-state index contributed by atoms with van der Waals surface area (Å²) in [5.41, 5.74) is 0.541. The van der Waals surface area contributed by atoms with Gasteiger partial charge in [0, 0.05) is 13.2 Å². The fourth-order valence-electron chi connectivity index (χ4n) is 1.93. The smallest absolute Gasteiger partial charge is 0.406 e. The molecule has 1 aliphatic heterocycles. The van der Waals surface area contributed by atoms with Gasteiger partial charge in [0.1, 0.15) is 5.75 Å². The van der Waals surface area contributed by atoms with E-state index in [1.165, 1.54) is 18.2 Å². The maximum Gasteiger partial charge on any atom is 0.573 e. The van der Waals surface area contributed by atoms with Gasteiger partial charge in [0.2, 0.25) is 5.91 Å². The summed E-state index contributed by atoms with van der Waals surface area (Å²) in [7, 11) is 0. The Kier molecular flexibility index (Phi) is 4.49. The zero-order chi connectivity index (χ0) is 14.6. The normalized spacial score (nSPS) is 18.9. The number of carbonyl (C=O) groups is 1. The van der Waals surface area contributed by atoms with Crippen LogP contribution < -0.4 is 10.1 Å². The van der Waals surface area contributed by atoms with Crippen LogP contribution in [-0.4, -0.2) is 25.5 Å². The van der Waals surface area contributed by atoms with Crippen LogP contribution in [0.3, 0.4) is 0 Å². The lowest BCUT2D eigenvalue weighted by Crippen LogP contribution is -2.30. The van der Waals surface area contributed by atoms with Gasteiger partial charge in [0.05, 0.1) is 12.5 Å². The van der Waals surface area contributed by atoms with Gasteiger partial charge in [-0.1, -0.05) is 12.1 Å². The second-order valence-corrected chi connectivity index (χ2v) is 4.47. The van der Waals surface area contributed by atoms with E-state index in [9.17, 15) is 18.0 Å². The maximum atomic E-state index is 12.1. The summed E-state index contributed by atoms with van der Waals surface area (Å²) in [4.78, 5) is 11.7. The molecule has 1 saturated heterocycles. The van der Waals surface area contributed by atoms with Gasteiger partial charge in [0.15, 0.2) is 0 Å². The zero-order valence-corrected chi connectivity index (χ0v) is 10.6. The number of amides is 1. The second kappa shape index (κ2) is 6.13. The van der Waals surface area contributed by atoms with Crippen molar-refractivity contribution in [2.75, 3.05) is 13.2 Å². The van der Waals surface area contributed by atoms with Crippen molar-refractivity contribution >= 4 is 5.91 Å². The molecule has 0 bridgehead atoms. The third-order valence-corrected chi connectivity index (χ3v) is 2.90. The molecule has 1 heterocycles. The highest BCUT2D eigenvalue weighted by Crippen LogP contribution is 2.23. The number of benzene rings is 1. The van der Waals surface area contributed by atoms with E-state index in [0.29, 0.717) is 25.2 Å². The maximum absolute atomic E-state index is 12.1. The van der Waals surface area contributed by atoms with Gasteiger partial charge < -0.3 is 14.8 Å². The Morgan fingerprint density at radius 2 is 2.25 bits per heavy atom. The topological polar surface area (TPSA) is 47.6 Å². The van der Waals surface area contributed by atoms with Crippen molar-refractivity contribution in [1.82, 2.24) is 5.32 Å². The number of hydrogen-bond donors (Lipinski definition) is 1. The van der Waals surface area contributed by atoms with Crippen LogP contribution in [0.4, 0.5) is 13.2 Å². The van der Waals surface area contributed by atoms with Gasteiger partial charge in [-0.3, -0.25) is 4.79 Å². The monoisotopic (exact) mass is 289 g/mol. The number of rotatable bonds is 4. The lowest BCUT2D eigenvalue weighted by molar-refractivity contribution is -0.274. The molecule has 1 atom stereocenters. The summed E-state index contributed by atoms with van der Waals surface area (Å²) < 4.78 is 45.2. The average Bonchev–Trinajstić information content (AvgIpc) is 2.88. The summed E-state index contributed by atoms with van der Waals surface area (Å²) in [6.45, 7) is 1.11. The van der Waals surface area contributed by atoms with E-state index in [2.05, 4.69) is 10.1 Å². The lowest BCUT2D eigenvalue weighted by Gasteiger charge is -2.12. The minimum Gasteiger partial charge on any atom is -0.406 e. The number of carbonyl (C=O) groups excluding carboxylic acids is 1. The molecule has 0 aliphatic carbocycles. The Hall–Kier alpha value is -1.76. The molecule has 110 valence electrons. The molecule has 0 radical (unpaired) electrons. The van der Waals surface area contributed by atoms with Crippen molar-refractivity contribution in [1.29, 1.82) is 0 Å². The molecule has 0 aromatic heterocycles. The summed E-state index contributed by atoms with van der Waals surface area (Å²) in [5.74, 6) is -0.623. The van der Waals surface area contributed by atoms with Crippen molar-refractivity contribution in [3.05, 3.63) is 29.8 Å². The summed E-state index contributed by atoms with van der Waals surface area (Å²) in [6.07, 6.45) is -4.05. The third-order valence-electron chi connectivity index (χ3n) is 2.90. The van der Waals surface area contributed by atoms with Crippen LogP contribution in [0, 0.1) is 5.92 Å². The van der Waals surface area contributed by atoms with E-state index in [1.807, 2.05) is 0 Å². The summed E-state index contributed by atoms with van der Waals surface area (Å²) in [5, 5.41) is 2.68. The molecule has 0 spiro atoms. The van der Waals surface area contributed by atoms with Gasteiger partial charge in [-0.2, -0.15) is 0 Å². The van der Waals surface area contributed by atoms with E-state index in [-0.39, 0.29) is 24.1 Å². The predicted molar refractivity (Wildman–Crippen MR) is 63.9 cm³/mol. The van der Waals surface area contributed by atoms with Crippen molar-refractivity contribution in [3.8, 4) is 5.75 Å². The standard InChI is InChI=1S/C13H14F3NO3/c14-13(15,16)20-11-3-1-2-9(6-11)7-17-12(18)10-4-5-19-8-10/h1-3,6,10H,4-5,7-8H2,(H,17,18). The summed E-state index contributed by atoms with van der Waals surface area (Å²) >= 11 is 0. The number of hydrogen-bond acceptors (Lipinski definition) is 3. The third kappa shape index (κ3) is 4.41. The number of halogens is 3. The minimum atomic E-state index is -4.72. The molecule has 2 rings (SSSR count). The van der Waals surface area contributed by atoms with Crippen molar-refractivity contribution in [2.45, 2.75) is 19.3 Å². The highest BCUT2D eigenvalue weighted by atomic mass is 19.4. The van der Waals surface area contributed by atoms with Crippen LogP contribution in [0.25, 0.3) is 0 Å². The SMILES string of the molecule is O=C(NCc1cccc(OC(F)(F)F)c1)C1CCOC1. The first-order valence-corrected chi connectivity index (χ1v) is 6.14. The molecular formula is C13H14F3NO3. The molecular weight excluding hydrogens is 275 g/mol. The molecule has 1 fully saturated rings. The molecule has 1 aliphatic rings. The van der Waals surface area contributed by atoms with Gasteiger partial charge in [-0.25, -0.2) is 0 Å². The highest BCUT2D eigenvalue weighted by molar-refractivity contribution is 5.78. The molecule has 1 aromatic carbocycles. The first-order valence-electron chi connectivity index (χ1n) is 6.14. The molecule has 20 heavy (non-hydrogen) atoms. The molecule has 4 nitrogen and oxygen atoms in total. The second-order valence-electron chi connectivity index (χ2n) is 4.47. The number of alkyl halides is 3. The first-order chi connectivity index (χ1) is 9.44. The highest BCUT2D eigenvalue weighted by Gasteiger charge is 2.31. The zero-order valence-electron chi connectivity index (χ0n) is 10.6. The lowest BCUT2D eigenvalue weighted by atomic mass is 10.1. The Labute approximate surface area is 113 Å². The van der Waals surface area contributed by atoms with Crippen molar-refractivity contribution in [2.24, 2.45) is 5.92 Å². The predicted octanol–water partition coefficient (Wildman–Crippen LogP) is 2.24. The van der Waals surface area contributed by atoms with Crippen molar-refractivity contribution in [3.63, 3.8) is 0 Å². The van der Waals surface area contributed by atoms with Crippen LogP contribution >= 0.6 is 0 Å².